The Morgan fingerprint density at radius 1 is 1.06 bits per heavy atom. The Labute approximate surface area is 186 Å². The standard InChI is InChI=1S/C24H25N3O3S/c1-16-12-17(2)26-24(25-16)31-15-18-8-4-5-9-20(18)23(28)27(3)13-19-14-29-21-10-6-7-11-22(21)30-19/h4-12,19H,13-15H2,1-3H3/t19-/m0/s1. The maximum atomic E-state index is 13.2. The van der Waals surface area contributed by atoms with Gasteiger partial charge in [0.1, 0.15) is 6.61 Å². The Morgan fingerprint density at radius 3 is 2.52 bits per heavy atom. The van der Waals surface area contributed by atoms with Gasteiger partial charge in [-0.15, -0.1) is 0 Å². The first-order valence-electron chi connectivity index (χ1n) is 10.2. The van der Waals surface area contributed by atoms with Crippen LogP contribution in [0.25, 0.3) is 0 Å². The number of aryl methyl sites for hydroxylation is 2. The number of hydrogen-bond donors (Lipinski definition) is 0. The van der Waals surface area contributed by atoms with Crippen molar-refractivity contribution in [1.82, 2.24) is 14.9 Å². The SMILES string of the molecule is Cc1cc(C)nc(SCc2ccccc2C(=O)N(C)C[C@H]2COc3ccccc3O2)n1. The number of nitrogens with zero attached hydrogens (tertiary/aromatic N) is 3. The second-order valence-electron chi connectivity index (χ2n) is 7.56. The van der Waals surface area contributed by atoms with Crippen LogP contribution in [-0.4, -0.2) is 47.1 Å². The van der Waals surface area contributed by atoms with Gasteiger partial charge in [0.2, 0.25) is 0 Å². The molecule has 3 aromatic rings. The fourth-order valence-electron chi connectivity index (χ4n) is 3.50. The van der Waals surface area contributed by atoms with Crippen molar-refractivity contribution in [2.45, 2.75) is 30.9 Å². The van der Waals surface area contributed by atoms with Crippen LogP contribution in [0.3, 0.4) is 0 Å². The van der Waals surface area contributed by atoms with Gasteiger partial charge in [-0.3, -0.25) is 4.79 Å². The minimum absolute atomic E-state index is 0.0417. The van der Waals surface area contributed by atoms with Gasteiger partial charge in [0.05, 0.1) is 6.54 Å². The number of fused-ring (bicyclic) bond motifs is 1. The predicted octanol–water partition coefficient (Wildman–Crippen LogP) is 4.30. The molecule has 0 N–H and O–H groups in total. The van der Waals surface area contributed by atoms with Crippen molar-refractivity contribution in [3.8, 4) is 11.5 Å². The number of thioether (sulfide) groups is 1. The van der Waals surface area contributed by atoms with Crippen molar-refractivity contribution in [2.24, 2.45) is 0 Å². The average molecular weight is 436 g/mol. The van der Waals surface area contributed by atoms with Crippen LogP contribution in [0.5, 0.6) is 11.5 Å². The fourth-order valence-corrected chi connectivity index (χ4v) is 4.46. The van der Waals surface area contributed by atoms with E-state index in [-0.39, 0.29) is 12.0 Å². The highest BCUT2D eigenvalue weighted by Gasteiger charge is 2.25. The van der Waals surface area contributed by atoms with Gasteiger partial charge >= 0.3 is 0 Å². The normalized spacial score (nSPS) is 14.9. The van der Waals surface area contributed by atoms with E-state index in [2.05, 4.69) is 9.97 Å². The maximum absolute atomic E-state index is 13.2. The second kappa shape index (κ2) is 9.39. The van der Waals surface area contributed by atoms with Gasteiger partial charge < -0.3 is 14.4 Å². The molecule has 0 bridgehead atoms. The average Bonchev–Trinajstić information content (AvgIpc) is 2.76. The third-order valence-corrected chi connectivity index (χ3v) is 5.85. The summed E-state index contributed by atoms with van der Waals surface area (Å²) in [6.45, 7) is 4.77. The molecule has 0 aliphatic carbocycles. The van der Waals surface area contributed by atoms with Gasteiger partial charge in [-0.05, 0) is 43.7 Å². The molecular formula is C24H25N3O3S. The Kier molecular flexibility index (Phi) is 6.42. The molecule has 0 spiro atoms. The van der Waals surface area contributed by atoms with E-state index < -0.39 is 0 Å². The largest absolute Gasteiger partial charge is 0.486 e. The number of amides is 1. The Hall–Kier alpha value is -3.06. The predicted molar refractivity (Wildman–Crippen MR) is 121 cm³/mol. The second-order valence-corrected chi connectivity index (χ2v) is 8.50. The van der Waals surface area contributed by atoms with Crippen LogP contribution in [0.4, 0.5) is 0 Å². The van der Waals surface area contributed by atoms with Crippen LogP contribution in [0.15, 0.2) is 59.8 Å². The zero-order chi connectivity index (χ0) is 21.8. The molecule has 0 radical (unpaired) electrons. The third-order valence-electron chi connectivity index (χ3n) is 4.96. The molecule has 7 heteroatoms. The molecule has 1 amide bonds. The summed E-state index contributed by atoms with van der Waals surface area (Å²) in [5, 5.41) is 0.722. The molecule has 31 heavy (non-hydrogen) atoms. The zero-order valence-electron chi connectivity index (χ0n) is 17.9. The molecule has 1 atom stereocenters. The van der Waals surface area contributed by atoms with Gasteiger partial charge in [0.25, 0.3) is 5.91 Å². The summed E-state index contributed by atoms with van der Waals surface area (Å²) in [6, 6.07) is 17.2. The minimum Gasteiger partial charge on any atom is -0.486 e. The number of para-hydroxylation sites is 2. The summed E-state index contributed by atoms with van der Waals surface area (Å²) >= 11 is 1.54. The molecule has 2 heterocycles. The van der Waals surface area contributed by atoms with Crippen molar-refractivity contribution in [3.05, 3.63) is 77.1 Å². The van der Waals surface area contributed by atoms with Gasteiger partial charge in [-0.2, -0.15) is 0 Å². The topological polar surface area (TPSA) is 64.6 Å². The number of likely N-dealkylation sites (N-methyl/N-ethyl adjacent to an activating group) is 1. The van der Waals surface area contributed by atoms with Crippen LogP contribution in [0.2, 0.25) is 0 Å². The van der Waals surface area contributed by atoms with E-state index in [1.54, 1.807) is 11.9 Å². The molecule has 1 aliphatic heterocycles. The first-order valence-corrected chi connectivity index (χ1v) is 11.1. The summed E-state index contributed by atoms with van der Waals surface area (Å²) in [5.41, 5.74) is 3.52. The smallest absolute Gasteiger partial charge is 0.254 e. The molecule has 160 valence electrons. The van der Waals surface area contributed by atoms with E-state index in [1.807, 2.05) is 68.4 Å². The molecule has 0 saturated carbocycles. The Balaban J connectivity index is 1.42. The Morgan fingerprint density at radius 2 is 1.74 bits per heavy atom. The summed E-state index contributed by atoms with van der Waals surface area (Å²) in [7, 11) is 1.79. The van der Waals surface area contributed by atoms with Crippen molar-refractivity contribution in [2.75, 3.05) is 20.2 Å². The molecule has 4 rings (SSSR count). The molecule has 0 fully saturated rings. The lowest BCUT2D eigenvalue weighted by atomic mass is 10.1. The highest BCUT2D eigenvalue weighted by Crippen LogP contribution is 2.31. The molecule has 0 saturated heterocycles. The Bertz CT molecular complexity index is 1070. The highest BCUT2D eigenvalue weighted by molar-refractivity contribution is 7.98. The molecule has 1 aliphatic rings. The van der Waals surface area contributed by atoms with E-state index in [9.17, 15) is 4.79 Å². The van der Waals surface area contributed by atoms with Crippen molar-refractivity contribution in [3.63, 3.8) is 0 Å². The van der Waals surface area contributed by atoms with Gasteiger partial charge in [-0.1, -0.05) is 42.1 Å². The van der Waals surface area contributed by atoms with Crippen molar-refractivity contribution < 1.29 is 14.3 Å². The highest BCUT2D eigenvalue weighted by atomic mass is 32.2. The first kappa shape index (κ1) is 21.2. The number of carbonyl (C=O) groups is 1. The summed E-state index contributed by atoms with van der Waals surface area (Å²) in [4.78, 5) is 23.8. The van der Waals surface area contributed by atoms with E-state index in [0.717, 1.165) is 27.9 Å². The number of aromatic nitrogens is 2. The van der Waals surface area contributed by atoms with Gasteiger partial charge in [0.15, 0.2) is 22.8 Å². The lowest BCUT2D eigenvalue weighted by Gasteiger charge is -2.30. The molecule has 6 nitrogen and oxygen atoms in total. The van der Waals surface area contributed by atoms with E-state index in [1.165, 1.54) is 11.8 Å². The van der Waals surface area contributed by atoms with E-state index in [0.29, 0.717) is 30.2 Å². The summed E-state index contributed by atoms with van der Waals surface area (Å²) < 4.78 is 11.8. The maximum Gasteiger partial charge on any atom is 0.254 e. The molecule has 2 aromatic carbocycles. The van der Waals surface area contributed by atoms with Crippen molar-refractivity contribution in [1.29, 1.82) is 0 Å². The van der Waals surface area contributed by atoms with Crippen LogP contribution in [0, 0.1) is 13.8 Å². The van der Waals surface area contributed by atoms with Crippen LogP contribution in [0.1, 0.15) is 27.3 Å². The fraction of sp³-hybridized carbons (Fsp3) is 0.292. The quantitative estimate of drug-likeness (QED) is 0.425. The lowest BCUT2D eigenvalue weighted by Crippen LogP contribution is -2.42. The summed E-state index contributed by atoms with van der Waals surface area (Å²) in [5.74, 6) is 2.03. The number of ether oxygens (including phenoxy) is 2. The number of hydrogen-bond acceptors (Lipinski definition) is 6. The molecular weight excluding hydrogens is 410 g/mol. The van der Waals surface area contributed by atoms with Crippen LogP contribution >= 0.6 is 11.8 Å². The zero-order valence-corrected chi connectivity index (χ0v) is 18.7. The number of carbonyl (C=O) groups excluding carboxylic acids is 1. The van der Waals surface area contributed by atoms with Gasteiger partial charge in [0, 0.05) is 29.8 Å². The van der Waals surface area contributed by atoms with E-state index >= 15 is 0 Å². The van der Waals surface area contributed by atoms with Crippen LogP contribution < -0.4 is 9.47 Å². The molecule has 1 aromatic heterocycles. The molecule has 0 unspecified atom stereocenters. The monoisotopic (exact) mass is 435 g/mol. The lowest BCUT2D eigenvalue weighted by molar-refractivity contribution is 0.0520. The first-order chi connectivity index (χ1) is 15.0. The number of benzene rings is 2. The van der Waals surface area contributed by atoms with E-state index in [4.69, 9.17) is 9.47 Å². The van der Waals surface area contributed by atoms with Crippen molar-refractivity contribution >= 4 is 17.7 Å². The summed E-state index contributed by atoms with van der Waals surface area (Å²) in [6.07, 6.45) is -0.214. The minimum atomic E-state index is -0.214. The third kappa shape index (κ3) is 5.17. The number of rotatable bonds is 6. The van der Waals surface area contributed by atoms with Crippen LogP contribution in [-0.2, 0) is 5.75 Å². The van der Waals surface area contributed by atoms with Gasteiger partial charge in [-0.25, -0.2) is 9.97 Å².